The van der Waals surface area contributed by atoms with Crippen LogP contribution in [0.5, 0.6) is 0 Å². The van der Waals surface area contributed by atoms with Gasteiger partial charge in [0.25, 0.3) is 0 Å². The molecule has 0 unspecified atom stereocenters. The Kier molecular flexibility index (Phi) is 5.93. The van der Waals surface area contributed by atoms with Crippen LogP contribution in [0.1, 0.15) is 26.3 Å². The van der Waals surface area contributed by atoms with E-state index in [2.05, 4.69) is 39.4 Å². The first-order chi connectivity index (χ1) is 13.2. The number of nitrogens with zero attached hydrogens (tertiary/aromatic N) is 2. The van der Waals surface area contributed by atoms with Crippen LogP contribution in [0.25, 0.3) is 22.2 Å². The maximum absolute atomic E-state index is 14.1. The molecule has 3 aromatic rings. The number of anilines is 1. The lowest BCUT2D eigenvalue weighted by Gasteiger charge is -2.26. The highest BCUT2D eigenvalue weighted by Gasteiger charge is 2.20. The van der Waals surface area contributed by atoms with Crippen LogP contribution in [0.15, 0.2) is 48.8 Å². The number of benzene rings is 1. The van der Waals surface area contributed by atoms with Crippen molar-refractivity contribution in [3.8, 4) is 11.3 Å². The molecule has 0 radical (unpaired) electrons. The molecule has 0 saturated heterocycles. The van der Waals surface area contributed by atoms with E-state index < -0.39 is 5.54 Å². The lowest BCUT2D eigenvalue weighted by molar-refractivity contribution is 0.573. The van der Waals surface area contributed by atoms with Crippen LogP contribution >= 0.6 is 24.4 Å². The van der Waals surface area contributed by atoms with Crippen LogP contribution in [0.3, 0.4) is 0 Å². The number of nitrogens with one attached hydrogen (secondary N) is 2. The number of aryl methyl sites for hydroxylation is 1. The van der Waals surface area contributed by atoms with Crippen molar-refractivity contribution in [2.75, 3.05) is 5.32 Å². The fourth-order valence-electron chi connectivity index (χ4n) is 2.67. The van der Waals surface area contributed by atoms with Crippen molar-refractivity contribution in [2.24, 2.45) is 0 Å². The van der Waals surface area contributed by atoms with Crippen LogP contribution in [-0.2, 0) is 6.42 Å². The number of halogens is 2. The molecule has 1 aromatic carbocycles. The Morgan fingerprint density at radius 3 is 2.64 bits per heavy atom. The highest BCUT2D eigenvalue weighted by atomic mass is 35.5. The summed E-state index contributed by atoms with van der Waals surface area (Å²) < 4.78 is 17.0. The molecule has 2 heterocycles. The van der Waals surface area contributed by atoms with E-state index in [1.165, 1.54) is 6.07 Å². The molecule has 0 fully saturated rings. The van der Waals surface area contributed by atoms with Crippen molar-refractivity contribution in [2.45, 2.75) is 32.7 Å². The SMILES string of the molecule is C=C(Nc1ccc(-c2cc(Cl)c3cc(F)c(CC)cc3n2)cn1)C(C)(C)NS. The Morgan fingerprint density at radius 1 is 1.29 bits per heavy atom. The normalized spacial score (nSPS) is 11.6. The topological polar surface area (TPSA) is 49.8 Å². The Morgan fingerprint density at radius 2 is 2.04 bits per heavy atom. The zero-order valence-corrected chi connectivity index (χ0v) is 17.6. The summed E-state index contributed by atoms with van der Waals surface area (Å²) in [5.74, 6) is 0.398. The van der Waals surface area contributed by atoms with Gasteiger partial charge in [-0.1, -0.05) is 37.9 Å². The van der Waals surface area contributed by atoms with Crippen molar-refractivity contribution in [1.29, 1.82) is 0 Å². The highest BCUT2D eigenvalue weighted by Crippen LogP contribution is 2.30. The van der Waals surface area contributed by atoms with Gasteiger partial charge < -0.3 is 5.32 Å². The summed E-state index contributed by atoms with van der Waals surface area (Å²) in [7, 11) is 0. The summed E-state index contributed by atoms with van der Waals surface area (Å²) >= 11 is 10.5. The number of pyridine rings is 2. The van der Waals surface area contributed by atoms with E-state index in [-0.39, 0.29) is 5.82 Å². The largest absolute Gasteiger partial charge is 0.343 e. The van der Waals surface area contributed by atoms with Crippen molar-refractivity contribution in [1.82, 2.24) is 14.7 Å². The second kappa shape index (κ2) is 8.07. The molecule has 0 saturated carbocycles. The third-order valence-corrected chi connectivity index (χ3v) is 5.55. The van der Waals surface area contributed by atoms with Gasteiger partial charge in [-0.2, -0.15) is 0 Å². The van der Waals surface area contributed by atoms with Gasteiger partial charge in [0.15, 0.2) is 0 Å². The monoisotopic (exact) mass is 416 g/mol. The Balaban J connectivity index is 1.92. The van der Waals surface area contributed by atoms with Crippen LogP contribution in [-0.4, -0.2) is 15.5 Å². The van der Waals surface area contributed by atoms with Crippen molar-refractivity contribution in [3.63, 3.8) is 0 Å². The average molecular weight is 417 g/mol. The van der Waals surface area contributed by atoms with Crippen molar-refractivity contribution < 1.29 is 4.39 Å². The number of thiol groups is 1. The molecule has 0 spiro atoms. The summed E-state index contributed by atoms with van der Waals surface area (Å²) in [5, 5.41) is 4.23. The van der Waals surface area contributed by atoms with Crippen LogP contribution < -0.4 is 10.0 Å². The van der Waals surface area contributed by atoms with Gasteiger partial charge in [-0.3, -0.25) is 4.72 Å². The van der Waals surface area contributed by atoms with E-state index in [9.17, 15) is 4.39 Å². The van der Waals surface area contributed by atoms with E-state index >= 15 is 0 Å². The maximum atomic E-state index is 14.1. The molecule has 2 N–H and O–H groups in total. The summed E-state index contributed by atoms with van der Waals surface area (Å²) in [6, 6.07) is 8.67. The number of fused-ring (bicyclic) bond motifs is 1. The quantitative estimate of drug-likeness (QED) is 0.445. The van der Waals surface area contributed by atoms with Crippen LogP contribution in [0.4, 0.5) is 10.2 Å². The summed E-state index contributed by atoms with van der Waals surface area (Å²) in [5.41, 5.74) is 3.12. The van der Waals surface area contributed by atoms with E-state index in [0.717, 1.165) is 11.3 Å². The average Bonchev–Trinajstić information content (AvgIpc) is 2.68. The number of rotatable bonds is 6. The summed E-state index contributed by atoms with van der Waals surface area (Å²) in [6.45, 7) is 9.84. The molecule has 7 heteroatoms. The minimum atomic E-state index is -0.400. The van der Waals surface area contributed by atoms with Gasteiger partial charge in [-0.05, 0) is 56.2 Å². The third kappa shape index (κ3) is 4.14. The second-order valence-corrected chi connectivity index (χ2v) is 7.71. The van der Waals surface area contributed by atoms with Gasteiger partial charge in [0.05, 0.1) is 21.8 Å². The van der Waals surface area contributed by atoms with Gasteiger partial charge in [-0.25, -0.2) is 14.4 Å². The fourth-order valence-corrected chi connectivity index (χ4v) is 3.05. The van der Waals surface area contributed by atoms with Crippen molar-refractivity contribution >= 4 is 41.1 Å². The molecule has 3 rings (SSSR count). The van der Waals surface area contributed by atoms with Gasteiger partial charge in [-0.15, -0.1) is 0 Å². The molecule has 28 heavy (non-hydrogen) atoms. The molecule has 0 aliphatic rings. The molecule has 0 atom stereocenters. The number of hydrogen-bond donors (Lipinski definition) is 3. The predicted molar refractivity (Wildman–Crippen MR) is 118 cm³/mol. The van der Waals surface area contributed by atoms with E-state index in [0.29, 0.717) is 39.4 Å². The molecule has 0 aliphatic heterocycles. The van der Waals surface area contributed by atoms with Gasteiger partial charge in [0.2, 0.25) is 0 Å². The first-order valence-corrected chi connectivity index (χ1v) is 9.70. The first kappa shape index (κ1) is 20.6. The van der Waals surface area contributed by atoms with Gasteiger partial charge in [0.1, 0.15) is 11.6 Å². The highest BCUT2D eigenvalue weighted by molar-refractivity contribution is 7.78. The lowest BCUT2D eigenvalue weighted by atomic mass is 10.0. The van der Waals surface area contributed by atoms with Crippen molar-refractivity contribution in [3.05, 3.63) is 65.2 Å². The second-order valence-electron chi connectivity index (χ2n) is 7.08. The van der Waals surface area contributed by atoms with Gasteiger partial charge in [0, 0.05) is 22.8 Å². The predicted octanol–water partition coefficient (Wildman–Crippen LogP) is 5.79. The van der Waals surface area contributed by atoms with Crippen LogP contribution in [0, 0.1) is 5.82 Å². The standard InChI is InChI=1S/C21H22ClFN4S/c1-5-13-8-19-15(9-17(13)23)16(22)10-18(26-19)14-6-7-20(24-11-14)25-12(2)21(3,4)27-28/h6-11,27-28H,2,5H2,1,3-4H3,(H,24,25). The lowest BCUT2D eigenvalue weighted by Crippen LogP contribution is -2.37. The molecule has 0 aliphatic carbocycles. The van der Waals surface area contributed by atoms with Crippen LogP contribution in [0.2, 0.25) is 5.02 Å². The van der Waals surface area contributed by atoms with E-state index in [4.69, 9.17) is 11.6 Å². The zero-order chi connectivity index (χ0) is 20.5. The molecule has 2 aromatic heterocycles. The minimum absolute atomic E-state index is 0.262. The third-order valence-electron chi connectivity index (χ3n) is 4.68. The number of hydrogen-bond acceptors (Lipinski definition) is 5. The first-order valence-electron chi connectivity index (χ1n) is 8.88. The smallest absolute Gasteiger partial charge is 0.130 e. The van der Waals surface area contributed by atoms with E-state index in [1.807, 2.05) is 32.9 Å². The Labute approximate surface area is 174 Å². The van der Waals surface area contributed by atoms with Gasteiger partial charge >= 0.3 is 0 Å². The molecule has 0 amide bonds. The zero-order valence-electron chi connectivity index (χ0n) is 16.0. The Hall–Kier alpha value is -2.15. The Bertz CT molecular complexity index is 1030. The summed E-state index contributed by atoms with van der Waals surface area (Å²) in [6.07, 6.45) is 2.31. The molecule has 146 valence electrons. The molecular formula is C21H22ClFN4S. The number of aromatic nitrogens is 2. The minimum Gasteiger partial charge on any atom is -0.343 e. The molecular weight excluding hydrogens is 395 g/mol. The molecule has 4 nitrogen and oxygen atoms in total. The van der Waals surface area contributed by atoms with E-state index in [1.54, 1.807) is 18.3 Å². The molecule has 0 bridgehead atoms. The summed E-state index contributed by atoms with van der Waals surface area (Å²) in [4.78, 5) is 9.08. The fraction of sp³-hybridized carbons (Fsp3) is 0.238. The maximum Gasteiger partial charge on any atom is 0.130 e.